The molecule has 0 unspecified atom stereocenters. The van der Waals surface area contributed by atoms with Crippen LogP contribution < -0.4 is 59.1 Å². The third kappa shape index (κ3) is 19.4. The smallest absolute Gasteiger partial charge is 0.870 e. The first kappa shape index (κ1) is 43.3. The Bertz CT molecular complexity index is 6.85. The summed E-state index contributed by atoms with van der Waals surface area (Å²) in [5, 5.41) is 0. The van der Waals surface area contributed by atoms with E-state index < -0.39 is 0 Å². The van der Waals surface area contributed by atoms with Crippen molar-refractivity contribution in [3.05, 3.63) is 0 Å². The second kappa shape index (κ2) is 27.9. The summed E-state index contributed by atoms with van der Waals surface area (Å²) < 4.78 is 0. The van der Waals surface area contributed by atoms with Crippen LogP contribution in [0.2, 0.25) is 0 Å². The molecule has 0 fully saturated rings. The summed E-state index contributed by atoms with van der Waals surface area (Å²) in [5.74, 6) is 0. The Morgan fingerprint density at radius 1 is 0.800 bits per heavy atom. The fraction of sp³-hybridized carbons (Fsp3) is 0. The van der Waals surface area contributed by atoms with Crippen molar-refractivity contribution >= 4 is 38.0 Å². The molecule has 0 rings (SSSR count). The summed E-state index contributed by atoms with van der Waals surface area (Å²) in [6.45, 7) is 0. The van der Waals surface area contributed by atoms with Crippen molar-refractivity contribution in [3.63, 3.8) is 0 Å². The molecule has 0 saturated carbocycles. The van der Waals surface area contributed by atoms with Gasteiger partial charge in [0, 0.05) is 0 Å². The minimum absolute atomic E-state index is 0. The zero-order valence-corrected chi connectivity index (χ0v) is 6.45. The Balaban J connectivity index is 0. The summed E-state index contributed by atoms with van der Waals surface area (Å²) in [7, 11) is 0. The van der Waals surface area contributed by atoms with Gasteiger partial charge in [-0.1, -0.05) is 8.41 Å². The summed E-state index contributed by atoms with van der Waals surface area (Å²) in [4.78, 5) is 0. The summed E-state index contributed by atoms with van der Waals surface area (Å²) in [6, 6.07) is 0. The van der Waals surface area contributed by atoms with Gasteiger partial charge in [0.05, 0.1) is 0 Å². The molecule has 0 spiro atoms. The molecule has 0 heterocycles. The van der Waals surface area contributed by atoms with Gasteiger partial charge >= 0.3 is 88.7 Å². The van der Waals surface area contributed by atoms with E-state index in [9.17, 15) is 0 Å². The Morgan fingerprint density at radius 2 is 0.800 bits per heavy atom. The molecule has 0 aliphatic rings. The molecule has 18 valence electrons. The van der Waals surface area contributed by atoms with Crippen LogP contribution in [0, 0.1) is 0 Å². The monoisotopic (exact) mass is 102 g/mol. The van der Waals surface area contributed by atoms with Crippen LogP contribution in [-0.2, 0) is 0 Å². The van der Waals surface area contributed by atoms with Gasteiger partial charge in [0.25, 0.3) is 0 Å². The van der Waals surface area contributed by atoms with E-state index in [1.807, 2.05) is 0 Å². The van der Waals surface area contributed by atoms with E-state index in [-0.39, 0.29) is 103 Å². The summed E-state index contributed by atoms with van der Waals surface area (Å²) in [6.07, 6.45) is 0. The molecule has 0 atom stereocenters. The predicted molar refractivity (Wildman–Crippen MR) is 20.4 cm³/mol. The van der Waals surface area contributed by atoms with Crippen molar-refractivity contribution in [2.75, 3.05) is 0 Å². The average molecular weight is 102 g/mol. The minimum atomic E-state index is 0. The molecule has 0 aromatic heterocycles. The second-order valence-electron chi connectivity index (χ2n) is 0. The van der Waals surface area contributed by atoms with Gasteiger partial charge in [-0.15, -0.1) is 0 Å². The molecular formula is H6BNa3O. The van der Waals surface area contributed by atoms with E-state index in [4.69, 9.17) is 0 Å². The standard InChI is InChI=1S/BH4.3Na.H2O.H/h1H4;;;;1H2;/q-1;;2*+1;;/p-1. The Kier molecular flexibility index (Phi) is 241. The van der Waals surface area contributed by atoms with Crippen LogP contribution in [0.15, 0.2) is 0 Å². The molecule has 5 heteroatoms. The van der Waals surface area contributed by atoms with Gasteiger partial charge in [0.1, 0.15) is 0 Å². The van der Waals surface area contributed by atoms with Crippen LogP contribution >= 0.6 is 0 Å². The van der Waals surface area contributed by atoms with E-state index in [0.29, 0.717) is 0 Å². The average Bonchev–Trinajstić information content (AvgIpc) is 0. The first-order valence-corrected chi connectivity index (χ1v) is 0. The molecule has 0 aromatic carbocycles. The maximum atomic E-state index is 0. The quantitative estimate of drug-likeness (QED) is 0.279. The molecule has 1 nitrogen and oxygen atoms in total. The Labute approximate surface area is 100 Å². The van der Waals surface area contributed by atoms with Crippen LogP contribution in [0.25, 0.3) is 0 Å². The van der Waals surface area contributed by atoms with Crippen LogP contribution in [-0.4, -0.2) is 43.4 Å². The van der Waals surface area contributed by atoms with Crippen molar-refractivity contribution in [2.24, 2.45) is 0 Å². The van der Waals surface area contributed by atoms with Gasteiger partial charge in [-0.25, -0.2) is 0 Å². The van der Waals surface area contributed by atoms with Crippen LogP contribution in [0.1, 0.15) is 0 Å². The van der Waals surface area contributed by atoms with Crippen molar-refractivity contribution in [1.29, 1.82) is 0 Å². The van der Waals surface area contributed by atoms with E-state index in [2.05, 4.69) is 0 Å². The third-order valence-electron chi connectivity index (χ3n) is 0. The first-order valence-electron chi connectivity index (χ1n) is 0. The summed E-state index contributed by atoms with van der Waals surface area (Å²) >= 11 is 0. The Hall–Kier alpha value is 3.02. The fourth-order valence-electron chi connectivity index (χ4n) is 0. The summed E-state index contributed by atoms with van der Waals surface area (Å²) in [5.41, 5.74) is 0. The van der Waals surface area contributed by atoms with Gasteiger partial charge in [-0.2, -0.15) is 0 Å². The molecule has 0 aliphatic heterocycles. The van der Waals surface area contributed by atoms with Gasteiger partial charge in [0.15, 0.2) is 0 Å². The molecule has 0 bridgehead atoms. The molecule has 1 N–H and O–H groups in total. The largest absolute Gasteiger partial charge is 0.870 e. The third-order valence-corrected chi connectivity index (χ3v) is 0. The molecule has 0 aromatic rings. The number of rotatable bonds is 0. The van der Waals surface area contributed by atoms with E-state index in [1.165, 1.54) is 0 Å². The molecular weight excluding hydrogens is 95.8 g/mol. The number of hydrogen-bond donors (Lipinski definition) is 0. The SMILES string of the molecule is [BH4-].[Na+].[Na+].[NaH].[OH-]. The normalized spacial score (nSPS) is 0. The second-order valence-corrected chi connectivity index (χ2v) is 0. The van der Waals surface area contributed by atoms with E-state index in [1.54, 1.807) is 0 Å². The minimum Gasteiger partial charge on any atom is -0.870 e. The van der Waals surface area contributed by atoms with Gasteiger partial charge in [0.2, 0.25) is 0 Å². The predicted octanol–water partition coefficient (Wildman–Crippen LogP) is -8.27. The maximum Gasteiger partial charge on any atom is -0.870 e. The van der Waals surface area contributed by atoms with Crippen LogP contribution in [0.4, 0.5) is 0 Å². The Morgan fingerprint density at radius 3 is 0.800 bits per heavy atom. The first-order chi connectivity index (χ1) is 0. The van der Waals surface area contributed by atoms with Crippen molar-refractivity contribution in [1.82, 2.24) is 0 Å². The van der Waals surface area contributed by atoms with Crippen molar-refractivity contribution in [3.8, 4) is 0 Å². The van der Waals surface area contributed by atoms with Crippen molar-refractivity contribution in [2.45, 2.75) is 0 Å². The molecule has 0 aliphatic carbocycles. The van der Waals surface area contributed by atoms with Gasteiger partial charge in [-0.3, -0.25) is 0 Å². The molecule has 5 heavy (non-hydrogen) atoms. The maximum absolute atomic E-state index is 0. The van der Waals surface area contributed by atoms with E-state index >= 15 is 0 Å². The zero-order chi connectivity index (χ0) is 0. The number of hydrogen-bond acceptors (Lipinski definition) is 1. The van der Waals surface area contributed by atoms with Gasteiger partial charge in [-0.05, 0) is 0 Å². The van der Waals surface area contributed by atoms with E-state index in [0.717, 1.165) is 0 Å². The van der Waals surface area contributed by atoms with Crippen molar-refractivity contribution < 1.29 is 64.6 Å². The van der Waals surface area contributed by atoms with Crippen LogP contribution in [0.5, 0.6) is 0 Å². The zero-order valence-electron chi connectivity index (χ0n) is 2.45. The topological polar surface area (TPSA) is 30.0 Å². The van der Waals surface area contributed by atoms with Gasteiger partial charge < -0.3 is 5.48 Å². The molecule has 0 radical (unpaired) electrons. The molecule has 0 saturated heterocycles. The van der Waals surface area contributed by atoms with Crippen LogP contribution in [0.3, 0.4) is 0 Å². The molecule has 0 amide bonds. The fourth-order valence-corrected chi connectivity index (χ4v) is 0.